The first-order valence-electron chi connectivity index (χ1n) is 12.6. The quantitative estimate of drug-likeness (QED) is 0.423. The van der Waals surface area contributed by atoms with E-state index in [4.69, 9.17) is 32.0 Å². The van der Waals surface area contributed by atoms with Gasteiger partial charge in [-0.1, -0.05) is 11.6 Å². The molecule has 0 atom stereocenters. The van der Waals surface area contributed by atoms with Crippen molar-refractivity contribution in [2.75, 3.05) is 66.8 Å². The van der Waals surface area contributed by atoms with E-state index in [2.05, 4.69) is 43.0 Å². The molecular formula is C26H30ClN9O. The molecule has 0 bridgehead atoms. The van der Waals surface area contributed by atoms with Gasteiger partial charge in [0.1, 0.15) is 11.4 Å². The highest BCUT2D eigenvalue weighted by atomic mass is 35.5. The number of ether oxygens (including phenoxy) is 1. The number of aromatic nitrogens is 5. The lowest BCUT2D eigenvalue weighted by atomic mass is 10.1. The number of nitrogens with two attached hydrogens (primary N) is 1. The number of hydrogen-bond acceptors (Lipinski definition) is 9. The van der Waals surface area contributed by atoms with Crippen molar-refractivity contribution < 1.29 is 4.74 Å². The Morgan fingerprint density at radius 3 is 2.24 bits per heavy atom. The van der Waals surface area contributed by atoms with Crippen LogP contribution in [0.25, 0.3) is 16.9 Å². The van der Waals surface area contributed by atoms with Gasteiger partial charge in [-0.05, 0) is 43.5 Å². The molecule has 5 heterocycles. The number of piperazine rings is 1. The largest absolute Gasteiger partial charge is 0.495 e. The van der Waals surface area contributed by atoms with Gasteiger partial charge in [0.05, 0.1) is 17.8 Å². The Labute approximate surface area is 220 Å². The van der Waals surface area contributed by atoms with Crippen molar-refractivity contribution in [1.82, 2.24) is 24.3 Å². The number of anilines is 4. The van der Waals surface area contributed by atoms with Crippen molar-refractivity contribution in [3.63, 3.8) is 0 Å². The lowest BCUT2D eigenvalue weighted by Gasteiger charge is -2.36. The Morgan fingerprint density at radius 2 is 1.54 bits per heavy atom. The molecule has 0 spiro atoms. The van der Waals surface area contributed by atoms with Gasteiger partial charge in [0.25, 0.3) is 0 Å². The van der Waals surface area contributed by atoms with Crippen molar-refractivity contribution in [2.45, 2.75) is 19.8 Å². The summed E-state index contributed by atoms with van der Waals surface area (Å²) in [6.07, 6.45) is 6.42. The van der Waals surface area contributed by atoms with E-state index in [1.165, 1.54) is 0 Å². The average Bonchev–Trinajstić information content (AvgIpc) is 3.59. The third-order valence-corrected chi connectivity index (χ3v) is 7.46. The number of imidazole rings is 1. The Bertz CT molecular complexity index is 1440. The zero-order valence-corrected chi connectivity index (χ0v) is 21.8. The molecule has 4 aromatic rings. The average molecular weight is 520 g/mol. The topological polar surface area (TPSA) is 101 Å². The molecule has 37 heavy (non-hydrogen) atoms. The van der Waals surface area contributed by atoms with Gasteiger partial charge in [-0.15, -0.1) is 0 Å². The maximum atomic E-state index is 6.39. The molecule has 2 saturated heterocycles. The van der Waals surface area contributed by atoms with Crippen molar-refractivity contribution >= 4 is 40.8 Å². The minimum atomic E-state index is 0.281. The number of nitrogen functional groups attached to an aromatic ring is 1. The van der Waals surface area contributed by atoms with Gasteiger partial charge in [-0.25, -0.2) is 4.98 Å². The summed E-state index contributed by atoms with van der Waals surface area (Å²) in [5.74, 6) is 2.30. The number of hydrogen-bond donors (Lipinski definition) is 1. The minimum absolute atomic E-state index is 0.281. The summed E-state index contributed by atoms with van der Waals surface area (Å²) < 4.78 is 7.39. The zero-order valence-electron chi connectivity index (χ0n) is 21.1. The summed E-state index contributed by atoms with van der Waals surface area (Å²) in [7, 11) is 1.62. The number of rotatable bonds is 5. The summed E-state index contributed by atoms with van der Waals surface area (Å²) in [5, 5.41) is 0.575. The minimum Gasteiger partial charge on any atom is -0.495 e. The number of nitrogens with zero attached hydrogens (tertiary/aromatic N) is 8. The van der Waals surface area contributed by atoms with Crippen LogP contribution in [0.4, 0.5) is 23.5 Å². The highest BCUT2D eigenvalue weighted by Crippen LogP contribution is 2.33. The van der Waals surface area contributed by atoms with Crippen LogP contribution in [-0.4, -0.2) is 70.7 Å². The maximum Gasteiger partial charge on any atom is 0.232 e. The van der Waals surface area contributed by atoms with Crippen LogP contribution in [-0.2, 0) is 0 Å². The fraction of sp³-hybridized carbons (Fsp3) is 0.385. The second-order valence-electron chi connectivity index (χ2n) is 9.54. The number of benzene rings is 1. The van der Waals surface area contributed by atoms with Crippen LogP contribution in [0.1, 0.15) is 18.4 Å². The van der Waals surface area contributed by atoms with Crippen LogP contribution in [0.3, 0.4) is 0 Å². The van der Waals surface area contributed by atoms with E-state index in [1.807, 2.05) is 29.7 Å². The van der Waals surface area contributed by atoms with E-state index < -0.39 is 0 Å². The highest BCUT2D eigenvalue weighted by molar-refractivity contribution is 6.32. The van der Waals surface area contributed by atoms with Gasteiger partial charge in [-0.2, -0.15) is 15.0 Å². The molecule has 192 valence electrons. The fourth-order valence-electron chi connectivity index (χ4n) is 5.12. The lowest BCUT2D eigenvalue weighted by molar-refractivity contribution is 0.415. The molecular weight excluding hydrogens is 490 g/mol. The lowest BCUT2D eigenvalue weighted by Crippen LogP contribution is -2.47. The summed E-state index contributed by atoms with van der Waals surface area (Å²) in [6.45, 7) is 7.29. The number of aryl methyl sites for hydroxylation is 1. The summed E-state index contributed by atoms with van der Waals surface area (Å²) in [5.41, 5.74) is 11.0. The first kappa shape index (κ1) is 23.6. The first-order valence-corrected chi connectivity index (χ1v) is 13.0. The molecule has 0 aliphatic carbocycles. The molecule has 1 aromatic carbocycles. The van der Waals surface area contributed by atoms with Crippen LogP contribution in [0.5, 0.6) is 5.75 Å². The van der Waals surface area contributed by atoms with Gasteiger partial charge in [0.15, 0.2) is 0 Å². The van der Waals surface area contributed by atoms with E-state index in [-0.39, 0.29) is 5.95 Å². The summed E-state index contributed by atoms with van der Waals surface area (Å²) in [6, 6.07) is 8.13. The van der Waals surface area contributed by atoms with Crippen molar-refractivity contribution in [3.8, 4) is 17.0 Å². The van der Waals surface area contributed by atoms with E-state index >= 15 is 0 Å². The molecule has 2 N–H and O–H groups in total. The number of fused-ring (bicyclic) bond motifs is 1. The summed E-state index contributed by atoms with van der Waals surface area (Å²) in [4.78, 5) is 25.2. The molecule has 0 amide bonds. The van der Waals surface area contributed by atoms with E-state index in [9.17, 15) is 0 Å². The zero-order chi connectivity index (χ0) is 25.5. The monoisotopic (exact) mass is 519 g/mol. The molecule has 10 nitrogen and oxygen atoms in total. The smallest absolute Gasteiger partial charge is 0.232 e. The molecule has 0 saturated carbocycles. The number of halogens is 1. The van der Waals surface area contributed by atoms with Gasteiger partial charge in [0.2, 0.25) is 17.8 Å². The molecule has 3 aromatic heterocycles. The molecule has 2 aliphatic heterocycles. The van der Waals surface area contributed by atoms with Crippen LogP contribution >= 0.6 is 11.6 Å². The SMILES string of the molecule is COc1cc(C)c(-c2cn3ccc(N4CCN(c5nc(N)nc(N6CCCC6)n5)CC4)cc3n2)cc1Cl. The van der Waals surface area contributed by atoms with Crippen LogP contribution in [0.2, 0.25) is 5.02 Å². The molecule has 0 unspecified atom stereocenters. The Kier molecular flexibility index (Phi) is 6.11. The number of methoxy groups -OCH3 is 1. The van der Waals surface area contributed by atoms with Crippen molar-refractivity contribution in [2.24, 2.45) is 0 Å². The fourth-order valence-corrected chi connectivity index (χ4v) is 5.36. The predicted octanol–water partition coefficient (Wildman–Crippen LogP) is 3.67. The van der Waals surface area contributed by atoms with Crippen LogP contribution in [0.15, 0.2) is 36.7 Å². The van der Waals surface area contributed by atoms with Gasteiger partial charge in [-0.3, -0.25) is 0 Å². The molecule has 0 radical (unpaired) electrons. The molecule has 2 aliphatic rings. The van der Waals surface area contributed by atoms with Crippen LogP contribution in [0, 0.1) is 6.92 Å². The highest BCUT2D eigenvalue weighted by Gasteiger charge is 2.23. The molecule has 6 rings (SSSR count). The maximum absolute atomic E-state index is 6.39. The Morgan fingerprint density at radius 1 is 0.865 bits per heavy atom. The van der Waals surface area contributed by atoms with E-state index in [0.29, 0.717) is 22.7 Å². The van der Waals surface area contributed by atoms with E-state index in [0.717, 1.165) is 80.3 Å². The Hall–Kier alpha value is -3.79. The van der Waals surface area contributed by atoms with Gasteiger partial charge >= 0.3 is 0 Å². The normalized spacial score (nSPS) is 16.1. The van der Waals surface area contributed by atoms with Crippen molar-refractivity contribution in [1.29, 1.82) is 0 Å². The summed E-state index contributed by atoms with van der Waals surface area (Å²) >= 11 is 6.39. The predicted molar refractivity (Wildman–Crippen MR) is 147 cm³/mol. The second kappa shape index (κ2) is 9.59. The standard InChI is InChI=1S/C26H30ClN9O/c1-17-13-22(37-2)20(27)15-19(17)21-16-36-8-5-18(14-23(36)29-21)33-9-11-35(12-10-33)26-31-24(28)30-25(32-26)34-6-3-4-7-34/h5,8,13-16H,3-4,6-7,9-12H2,1-2H3,(H2,28,30,31,32). The molecule has 2 fully saturated rings. The van der Waals surface area contributed by atoms with Crippen LogP contribution < -0.4 is 25.2 Å². The van der Waals surface area contributed by atoms with E-state index in [1.54, 1.807) is 7.11 Å². The third-order valence-electron chi connectivity index (χ3n) is 7.16. The Balaban J connectivity index is 1.19. The second-order valence-corrected chi connectivity index (χ2v) is 9.95. The van der Waals surface area contributed by atoms with Gasteiger partial charge in [0, 0.05) is 69.0 Å². The van der Waals surface area contributed by atoms with Gasteiger partial charge < -0.3 is 29.6 Å². The molecule has 11 heteroatoms. The van der Waals surface area contributed by atoms with Crippen molar-refractivity contribution in [3.05, 3.63) is 47.2 Å². The first-order chi connectivity index (χ1) is 18.0. The number of pyridine rings is 1. The third kappa shape index (κ3) is 4.57.